The zero-order valence-electron chi connectivity index (χ0n) is 8.58. The number of carbonyl (C=O) groups is 2. The number of hydrogen-bond acceptors (Lipinski definition) is 4. The molecule has 2 heterocycles. The minimum absolute atomic E-state index is 0.0168. The molecule has 2 aromatic rings. The molecule has 6 nitrogen and oxygen atoms in total. The van der Waals surface area contributed by atoms with Crippen molar-refractivity contribution in [3.05, 3.63) is 48.2 Å². The van der Waals surface area contributed by atoms with E-state index in [4.69, 9.17) is 9.52 Å². The van der Waals surface area contributed by atoms with Crippen molar-refractivity contribution < 1.29 is 19.1 Å². The number of carbonyl (C=O) groups excluding carboxylic acids is 1. The van der Waals surface area contributed by atoms with Crippen LogP contribution in [0, 0.1) is 0 Å². The van der Waals surface area contributed by atoms with Crippen molar-refractivity contribution >= 4 is 17.6 Å². The summed E-state index contributed by atoms with van der Waals surface area (Å²) in [6.07, 6.45) is 5.25. The molecule has 0 radical (unpaired) electrons. The Labute approximate surface area is 95.9 Å². The summed E-state index contributed by atoms with van der Waals surface area (Å²) in [6.45, 7) is 0. The number of furan rings is 1. The predicted molar refractivity (Wildman–Crippen MR) is 57.9 cm³/mol. The SMILES string of the molecule is O=C(Nc1cnccc1C(=O)O)c1ccoc1. The summed E-state index contributed by atoms with van der Waals surface area (Å²) in [5.74, 6) is -1.58. The highest BCUT2D eigenvalue weighted by atomic mass is 16.4. The standard InChI is InChI=1S/C11H8N2O4/c14-10(7-2-4-17-6-7)13-9-5-12-3-1-8(9)11(15)16/h1-6H,(H,13,14)(H,15,16). The summed E-state index contributed by atoms with van der Waals surface area (Å²) in [5, 5.41) is 11.4. The Bertz CT molecular complexity index is 548. The Balaban J connectivity index is 2.25. The van der Waals surface area contributed by atoms with Gasteiger partial charge in [0, 0.05) is 6.20 Å². The fourth-order valence-corrected chi connectivity index (χ4v) is 1.27. The highest BCUT2D eigenvalue weighted by Crippen LogP contribution is 2.14. The van der Waals surface area contributed by atoms with E-state index < -0.39 is 11.9 Å². The van der Waals surface area contributed by atoms with Crippen LogP contribution in [0.3, 0.4) is 0 Å². The maximum Gasteiger partial charge on any atom is 0.337 e. The largest absolute Gasteiger partial charge is 0.478 e. The Kier molecular flexibility index (Phi) is 2.87. The van der Waals surface area contributed by atoms with Gasteiger partial charge in [-0.2, -0.15) is 0 Å². The summed E-state index contributed by atoms with van der Waals surface area (Å²) >= 11 is 0. The van der Waals surface area contributed by atoms with E-state index in [9.17, 15) is 9.59 Å². The highest BCUT2D eigenvalue weighted by Gasteiger charge is 2.13. The summed E-state index contributed by atoms with van der Waals surface area (Å²) < 4.78 is 4.76. The van der Waals surface area contributed by atoms with Gasteiger partial charge in [-0.15, -0.1) is 0 Å². The molecule has 0 aliphatic rings. The van der Waals surface area contributed by atoms with Crippen LogP contribution in [0.15, 0.2) is 41.5 Å². The Morgan fingerprint density at radius 3 is 2.82 bits per heavy atom. The molecule has 0 aliphatic carbocycles. The van der Waals surface area contributed by atoms with Gasteiger partial charge < -0.3 is 14.8 Å². The molecule has 2 rings (SSSR count). The molecule has 0 unspecified atom stereocenters. The van der Waals surface area contributed by atoms with Crippen molar-refractivity contribution in [3.63, 3.8) is 0 Å². The first-order chi connectivity index (χ1) is 8.18. The van der Waals surface area contributed by atoms with Crippen LogP contribution in [-0.4, -0.2) is 22.0 Å². The van der Waals surface area contributed by atoms with Crippen LogP contribution in [-0.2, 0) is 0 Å². The normalized spacial score (nSPS) is 9.88. The molecule has 0 atom stereocenters. The number of amides is 1. The molecular weight excluding hydrogens is 224 g/mol. The molecule has 0 saturated carbocycles. The smallest absolute Gasteiger partial charge is 0.337 e. The first-order valence-corrected chi connectivity index (χ1v) is 4.69. The van der Waals surface area contributed by atoms with Crippen LogP contribution >= 0.6 is 0 Å². The zero-order chi connectivity index (χ0) is 12.3. The Hall–Kier alpha value is -2.63. The molecule has 0 aromatic carbocycles. The molecule has 86 valence electrons. The molecular formula is C11H8N2O4. The molecule has 0 aliphatic heterocycles. The number of carboxylic acids is 1. The van der Waals surface area contributed by atoms with Crippen molar-refractivity contribution in [2.24, 2.45) is 0 Å². The van der Waals surface area contributed by atoms with Crippen LogP contribution < -0.4 is 5.32 Å². The van der Waals surface area contributed by atoms with Crippen molar-refractivity contribution in [1.29, 1.82) is 0 Å². The van der Waals surface area contributed by atoms with Gasteiger partial charge in [-0.05, 0) is 12.1 Å². The van der Waals surface area contributed by atoms with Crippen LogP contribution in [0.4, 0.5) is 5.69 Å². The van der Waals surface area contributed by atoms with E-state index >= 15 is 0 Å². The summed E-state index contributed by atoms with van der Waals surface area (Å²) in [7, 11) is 0. The molecule has 6 heteroatoms. The molecule has 17 heavy (non-hydrogen) atoms. The molecule has 2 N–H and O–H groups in total. The first kappa shape index (κ1) is 10.9. The van der Waals surface area contributed by atoms with Gasteiger partial charge >= 0.3 is 5.97 Å². The molecule has 0 saturated heterocycles. The second-order valence-corrected chi connectivity index (χ2v) is 3.19. The van der Waals surface area contributed by atoms with Gasteiger partial charge in [-0.25, -0.2) is 4.79 Å². The average molecular weight is 232 g/mol. The molecule has 0 bridgehead atoms. The monoisotopic (exact) mass is 232 g/mol. The van der Waals surface area contributed by atoms with Crippen molar-refractivity contribution in [3.8, 4) is 0 Å². The topological polar surface area (TPSA) is 92.4 Å². The number of rotatable bonds is 3. The van der Waals surface area contributed by atoms with E-state index in [1.807, 2.05) is 0 Å². The van der Waals surface area contributed by atoms with E-state index in [0.29, 0.717) is 5.56 Å². The number of carboxylic acid groups (broad SMARTS) is 1. The first-order valence-electron chi connectivity index (χ1n) is 4.69. The Morgan fingerprint density at radius 2 is 2.18 bits per heavy atom. The third-order valence-corrected chi connectivity index (χ3v) is 2.08. The van der Waals surface area contributed by atoms with Gasteiger partial charge in [0.2, 0.25) is 0 Å². The van der Waals surface area contributed by atoms with E-state index in [1.54, 1.807) is 0 Å². The quantitative estimate of drug-likeness (QED) is 0.838. The average Bonchev–Trinajstić information content (AvgIpc) is 2.83. The molecule has 2 aromatic heterocycles. The maximum atomic E-state index is 11.7. The third kappa shape index (κ3) is 2.31. The third-order valence-electron chi connectivity index (χ3n) is 2.08. The van der Waals surface area contributed by atoms with Gasteiger partial charge in [0.25, 0.3) is 5.91 Å². The second kappa shape index (κ2) is 4.48. The lowest BCUT2D eigenvalue weighted by Gasteiger charge is -2.05. The molecule has 1 amide bonds. The fraction of sp³-hybridized carbons (Fsp3) is 0. The van der Waals surface area contributed by atoms with Gasteiger partial charge in [0.1, 0.15) is 6.26 Å². The zero-order valence-corrected chi connectivity index (χ0v) is 8.58. The lowest BCUT2D eigenvalue weighted by atomic mass is 10.2. The summed E-state index contributed by atoms with van der Waals surface area (Å²) in [4.78, 5) is 26.3. The van der Waals surface area contributed by atoms with Crippen LogP contribution in [0.25, 0.3) is 0 Å². The lowest BCUT2D eigenvalue weighted by Crippen LogP contribution is -2.14. The van der Waals surface area contributed by atoms with E-state index in [1.165, 1.54) is 37.1 Å². The molecule has 0 fully saturated rings. The van der Waals surface area contributed by atoms with Crippen molar-refractivity contribution in [1.82, 2.24) is 4.98 Å². The highest BCUT2D eigenvalue weighted by molar-refractivity contribution is 6.07. The maximum absolute atomic E-state index is 11.7. The minimum atomic E-state index is -1.13. The van der Waals surface area contributed by atoms with E-state index in [0.717, 1.165) is 0 Å². The number of nitrogens with one attached hydrogen (secondary N) is 1. The second-order valence-electron chi connectivity index (χ2n) is 3.19. The summed E-state index contributed by atoms with van der Waals surface area (Å²) in [5.41, 5.74) is 0.438. The summed E-state index contributed by atoms with van der Waals surface area (Å²) in [6, 6.07) is 2.79. The van der Waals surface area contributed by atoms with Gasteiger partial charge in [-0.3, -0.25) is 9.78 Å². The molecule has 0 spiro atoms. The lowest BCUT2D eigenvalue weighted by molar-refractivity contribution is 0.0698. The van der Waals surface area contributed by atoms with Gasteiger partial charge in [0.15, 0.2) is 0 Å². The van der Waals surface area contributed by atoms with E-state index in [-0.39, 0.29) is 11.3 Å². The number of pyridine rings is 1. The van der Waals surface area contributed by atoms with Crippen molar-refractivity contribution in [2.45, 2.75) is 0 Å². The number of aromatic nitrogens is 1. The fourth-order valence-electron chi connectivity index (χ4n) is 1.27. The number of aromatic carboxylic acids is 1. The number of anilines is 1. The van der Waals surface area contributed by atoms with E-state index in [2.05, 4.69) is 10.3 Å². The van der Waals surface area contributed by atoms with Crippen molar-refractivity contribution in [2.75, 3.05) is 5.32 Å². The predicted octanol–water partition coefficient (Wildman–Crippen LogP) is 1.63. The van der Waals surface area contributed by atoms with Gasteiger partial charge in [0.05, 0.1) is 29.3 Å². The van der Waals surface area contributed by atoms with Crippen LogP contribution in [0.5, 0.6) is 0 Å². The number of hydrogen-bond donors (Lipinski definition) is 2. The van der Waals surface area contributed by atoms with Crippen LogP contribution in [0.1, 0.15) is 20.7 Å². The van der Waals surface area contributed by atoms with Gasteiger partial charge in [-0.1, -0.05) is 0 Å². The minimum Gasteiger partial charge on any atom is -0.478 e. The van der Waals surface area contributed by atoms with Crippen LogP contribution in [0.2, 0.25) is 0 Å². The number of nitrogens with zero attached hydrogens (tertiary/aromatic N) is 1. The Morgan fingerprint density at radius 1 is 1.35 bits per heavy atom.